The Bertz CT molecular complexity index is 580. The van der Waals surface area contributed by atoms with Crippen LogP contribution in [0.4, 0.5) is 0 Å². The summed E-state index contributed by atoms with van der Waals surface area (Å²) in [5.41, 5.74) is 0.671. The Balaban J connectivity index is 2.15. The molecular formula is C14H18N2O4S. The lowest BCUT2D eigenvalue weighted by atomic mass is 10.4. The molecule has 21 heavy (non-hydrogen) atoms. The van der Waals surface area contributed by atoms with Gasteiger partial charge >= 0.3 is 5.97 Å². The summed E-state index contributed by atoms with van der Waals surface area (Å²) in [5.74, 6) is 0.480. The average molecular weight is 310 g/mol. The van der Waals surface area contributed by atoms with Crippen LogP contribution in [0.2, 0.25) is 0 Å². The summed E-state index contributed by atoms with van der Waals surface area (Å²) in [6, 6.07) is 3.66. The van der Waals surface area contributed by atoms with E-state index in [1.807, 2.05) is 10.6 Å². The number of ether oxygens (including phenoxy) is 1. The van der Waals surface area contributed by atoms with Gasteiger partial charge in [0, 0.05) is 0 Å². The second-order valence-electron chi connectivity index (χ2n) is 4.37. The maximum absolute atomic E-state index is 11.7. The van der Waals surface area contributed by atoms with Crippen LogP contribution >= 0.6 is 11.8 Å². The number of hydrogen-bond acceptors (Lipinski definition) is 6. The minimum atomic E-state index is -0.366. The average Bonchev–Trinajstić information content (AvgIpc) is 3.10. The summed E-state index contributed by atoms with van der Waals surface area (Å²) >= 11 is 1.30. The predicted octanol–water partition coefficient (Wildman–Crippen LogP) is 2.06. The molecule has 0 aliphatic rings. The Morgan fingerprint density at radius 2 is 2.43 bits per heavy atom. The van der Waals surface area contributed by atoms with E-state index in [-0.39, 0.29) is 17.8 Å². The molecule has 0 aliphatic heterocycles. The fraction of sp³-hybridized carbons (Fsp3) is 0.429. The molecule has 1 unspecified atom stereocenters. The summed E-state index contributed by atoms with van der Waals surface area (Å²) in [6.07, 6.45) is 3.20. The van der Waals surface area contributed by atoms with Crippen molar-refractivity contribution < 1.29 is 19.1 Å². The maximum atomic E-state index is 11.7. The smallest absolute Gasteiger partial charge is 0.319 e. The third-order valence-electron chi connectivity index (χ3n) is 2.86. The molecule has 0 spiro atoms. The van der Waals surface area contributed by atoms with E-state index >= 15 is 0 Å². The number of hydrogen-bond donors (Lipinski definition) is 1. The number of rotatable bonds is 7. The molecule has 2 heterocycles. The summed E-state index contributed by atoms with van der Waals surface area (Å²) in [4.78, 5) is 16.0. The van der Waals surface area contributed by atoms with Gasteiger partial charge in [-0.1, -0.05) is 11.8 Å². The third-order valence-corrected chi connectivity index (χ3v) is 3.94. The number of imidazole rings is 1. The van der Waals surface area contributed by atoms with E-state index in [1.54, 1.807) is 32.4 Å². The fourth-order valence-corrected chi connectivity index (χ4v) is 2.71. The molecule has 2 aromatic heterocycles. The highest BCUT2D eigenvalue weighted by molar-refractivity contribution is 8.00. The van der Waals surface area contributed by atoms with Crippen LogP contribution in [0, 0.1) is 0 Å². The van der Waals surface area contributed by atoms with E-state index < -0.39 is 0 Å². The Labute approximate surface area is 127 Å². The number of aliphatic hydroxyl groups excluding tert-OH is 1. The first-order valence-electron chi connectivity index (χ1n) is 6.66. The predicted molar refractivity (Wildman–Crippen MR) is 77.9 cm³/mol. The number of aromatic nitrogens is 2. The number of nitrogens with zero attached hydrogens (tertiary/aromatic N) is 2. The van der Waals surface area contributed by atoms with Crippen molar-refractivity contribution in [1.29, 1.82) is 0 Å². The first-order chi connectivity index (χ1) is 10.2. The van der Waals surface area contributed by atoms with Gasteiger partial charge in [0.05, 0.1) is 37.9 Å². The van der Waals surface area contributed by atoms with Crippen LogP contribution in [0.3, 0.4) is 0 Å². The minimum absolute atomic E-state index is 0.123. The molecule has 0 aromatic carbocycles. The van der Waals surface area contributed by atoms with Crippen molar-refractivity contribution in [3.05, 3.63) is 36.0 Å². The molecule has 0 fully saturated rings. The highest BCUT2D eigenvalue weighted by Crippen LogP contribution is 2.25. The van der Waals surface area contributed by atoms with E-state index in [1.165, 1.54) is 11.8 Å². The molecule has 0 aliphatic carbocycles. The normalized spacial score (nSPS) is 12.3. The Morgan fingerprint density at radius 3 is 3.05 bits per heavy atom. The van der Waals surface area contributed by atoms with Crippen molar-refractivity contribution in [2.75, 3.05) is 6.61 Å². The molecule has 7 heteroatoms. The zero-order valence-corrected chi connectivity index (χ0v) is 12.8. The minimum Gasteiger partial charge on any atom is -0.467 e. The molecule has 114 valence electrons. The Morgan fingerprint density at radius 1 is 1.62 bits per heavy atom. The van der Waals surface area contributed by atoms with Gasteiger partial charge in [-0.25, -0.2) is 4.98 Å². The van der Waals surface area contributed by atoms with Crippen LogP contribution in [-0.4, -0.2) is 32.5 Å². The Kier molecular flexibility index (Phi) is 5.46. The van der Waals surface area contributed by atoms with Crippen molar-refractivity contribution >= 4 is 17.7 Å². The van der Waals surface area contributed by atoms with E-state index in [4.69, 9.17) is 9.15 Å². The van der Waals surface area contributed by atoms with Gasteiger partial charge in [-0.05, 0) is 26.0 Å². The SMILES string of the molecule is CCOC(=O)C(C)Sc1ncc(CO)n1Cc1ccco1. The zero-order chi connectivity index (χ0) is 15.2. The van der Waals surface area contributed by atoms with Gasteiger partial charge in [-0.2, -0.15) is 0 Å². The molecule has 0 radical (unpaired) electrons. The third kappa shape index (κ3) is 3.89. The molecule has 6 nitrogen and oxygen atoms in total. The summed E-state index contributed by atoms with van der Waals surface area (Å²) in [6.45, 7) is 4.24. The van der Waals surface area contributed by atoms with Crippen LogP contribution in [0.15, 0.2) is 34.2 Å². The lowest BCUT2D eigenvalue weighted by Crippen LogP contribution is -2.18. The molecule has 0 saturated carbocycles. The fourth-order valence-electron chi connectivity index (χ4n) is 1.81. The summed E-state index contributed by atoms with van der Waals surface area (Å²) in [7, 11) is 0. The molecular weight excluding hydrogens is 292 g/mol. The maximum Gasteiger partial charge on any atom is 0.319 e. The second-order valence-corrected chi connectivity index (χ2v) is 5.68. The van der Waals surface area contributed by atoms with Gasteiger partial charge in [-0.15, -0.1) is 0 Å². The molecule has 0 bridgehead atoms. The second kappa shape index (κ2) is 7.33. The van der Waals surface area contributed by atoms with Gasteiger partial charge in [0.25, 0.3) is 0 Å². The van der Waals surface area contributed by atoms with Gasteiger partial charge in [0.1, 0.15) is 11.0 Å². The monoisotopic (exact) mass is 310 g/mol. The lowest BCUT2D eigenvalue weighted by Gasteiger charge is -2.12. The van der Waals surface area contributed by atoms with Crippen LogP contribution in [-0.2, 0) is 22.7 Å². The first-order valence-corrected chi connectivity index (χ1v) is 7.54. The number of carbonyl (C=O) groups excluding carboxylic acids is 1. The van der Waals surface area contributed by atoms with E-state index in [0.29, 0.717) is 24.0 Å². The van der Waals surface area contributed by atoms with Crippen LogP contribution in [0.1, 0.15) is 25.3 Å². The van der Waals surface area contributed by atoms with Gasteiger partial charge in [-0.3, -0.25) is 4.79 Å². The highest BCUT2D eigenvalue weighted by atomic mass is 32.2. The summed E-state index contributed by atoms with van der Waals surface area (Å²) < 4.78 is 12.1. The first kappa shape index (κ1) is 15.7. The quantitative estimate of drug-likeness (QED) is 0.623. The van der Waals surface area contributed by atoms with Gasteiger partial charge in [0.2, 0.25) is 0 Å². The lowest BCUT2D eigenvalue weighted by molar-refractivity contribution is -0.142. The number of furan rings is 1. The molecule has 2 rings (SSSR count). The largest absolute Gasteiger partial charge is 0.467 e. The van der Waals surface area contributed by atoms with Crippen LogP contribution in [0.5, 0.6) is 0 Å². The van der Waals surface area contributed by atoms with E-state index in [9.17, 15) is 9.90 Å². The number of thioether (sulfide) groups is 1. The molecule has 0 amide bonds. The van der Waals surface area contributed by atoms with Gasteiger partial charge < -0.3 is 18.8 Å². The van der Waals surface area contributed by atoms with E-state index in [2.05, 4.69) is 4.98 Å². The molecule has 1 atom stereocenters. The van der Waals surface area contributed by atoms with Crippen LogP contribution in [0.25, 0.3) is 0 Å². The molecule has 1 N–H and O–H groups in total. The molecule has 0 saturated heterocycles. The summed E-state index contributed by atoms with van der Waals surface area (Å²) in [5, 5.41) is 9.68. The van der Waals surface area contributed by atoms with Crippen molar-refractivity contribution in [1.82, 2.24) is 9.55 Å². The van der Waals surface area contributed by atoms with Crippen molar-refractivity contribution in [2.24, 2.45) is 0 Å². The zero-order valence-electron chi connectivity index (χ0n) is 12.0. The highest BCUT2D eigenvalue weighted by Gasteiger charge is 2.20. The Hall–Kier alpha value is -1.73. The van der Waals surface area contributed by atoms with Crippen LogP contribution < -0.4 is 0 Å². The van der Waals surface area contributed by atoms with Gasteiger partial charge in [0.15, 0.2) is 5.16 Å². The number of esters is 1. The topological polar surface area (TPSA) is 77.5 Å². The van der Waals surface area contributed by atoms with Crippen molar-refractivity contribution in [3.63, 3.8) is 0 Å². The number of carbonyl (C=O) groups is 1. The van der Waals surface area contributed by atoms with Crippen molar-refractivity contribution in [2.45, 2.75) is 37.4 Å². The van der Waals surface area contributed by atoms with E-state index in [0.717, 1.165) is 5.76 Å². The van der Waals surface area contributed by atoms with Crippen molar-refractivity contribution in [3.8, 4) is 0 Å². The standard InChI is InChI=1S/C14H18N2O4S/c1-3-19-13(18)10(2)21-14-15-7-11(9-17)16(14)8-12-5-4-6-20-12/h4-7,10,17H,3,8-9H2,1-2H3. The molecule has 2 aromatic rings. The number of aliphatic hydroxyl groups is 1.